The third kappa shape index (κ3) is 5.70. The summed E-state index contributed by atoms with van der Waals surface area (Å²) in [5, 5.41) is 12.3. The lowest BCUT2D eigenvalue weighted by molar-refractivity contribution is -0.139. The van der Waals surface area contributed by atoms with E-state index in [1.807, 2.05) is 43.3 Å². The van der Waals surface area contributed by atoms with Crippen molar-refractivity contribution in [1.29, 1.82) is 0 Å². The van der Waals surface area contributed by atoms with Crippen molar-refractivity contribution in [3.05, 3.63) is 101 Å². The van der Waals surface area contributed by atoms with Crippen molar-refractivity contribution in [1.82, 2.24) is 5.32 Å². The van der Waals surface area contributed by atoms with E-state index in [4.69, 9.17) is 4.74 Å². The summed E-state index contributed by atoms with van der Waals surface area (Å²) in [5.41, 5.74) is 3.43. The molecule has 0 spiro atoms. The van der Waals surface area contributed by atoms with Gasteiger partial charge in [0.2, 0.25) is 0 Å². The van der Waals surface area contributed by atoms with E-state index < -0.39 is 17.9 Å². The van der Waals surface area contributed by atoms with Crippen LogP contribution >= 0.6 is 0 Å². The number of aliphatic carboxylic acids is 1. The quantitative estimate of drug-likeness (QED) is 0.564. The minimum absolute atomic E-state index is 0.134. The maximum absolute atomic E-state index is 12.4. The van der Waals surface area contributed by atoms with Crippen LogP contribution in [0.4, 0.5) is 0 Å². The molecule has 0 radical (unpaired) electrons. The number of carboxylic acids is 1. The van der Waals surface area contributed by atoms with Crippen molar-refractivity contribution in [3.63, 3.8) is 0 Å². The van der Waals surface area contributed by atoms with Gasteiger partial charge in [0.05, 0.1) is 6.61 Å². The molecule has 1 atom stereocenters. The zero-order valence-electron chi connectivity index (χ0n) is 16.9. The van der Waals surface area contributed by atoms with Gasteiger partial charge in [0.25, 0.3) is 5.91 Å². The summed E-state index contributed by atoms with van der Waals surface area (Å²) >= 11 is 0. The van der Waals surface area contributed by atoms with E-state index in [2.05, 4.69) is 17.4 Å². The fourth-order valence-corrected chi connectivity index (χ4v) is 3.25. The third-order valence-electron chi connectivity index (χ3n) is 4.75. The molecule has 0 unspecified atom stereocenters. The summed E-state index contributed by atoms with van der Waals surface area (Å²) in [6.07, 6.45) is 0.892. The molecule has 154 valence electrons. The van der Waals surface area contributed by atoms with Crippen LogP contribution in [-0.2, 0) is 17.6 Å². The van der Waals surface area contributed by atoms with Crippen molar-refractivity contribution in [3.8, 4) is 5.75 Å². The van der Waals surface area contributed by atoms with Gasteiger partial charge in [-0.1, -0.05) is 60.7 Å². The number of carboxylic acid groups (broad SMARTS) is 1. The monoisotopic (exact) mass is 403 g/mol. The first-order valence-corrected chi connectivity index (χ1v) is 9.94. The molecule has 0 aromatic heterocycles. The Morgan fingerprint density at radius 2 is 1.60 bits per heavy atom. The van der Waals surface area contributed by atoms with Gasteiger partial charge in [-0.15, -0.1) is 0 Å². The van der Waals surface area contributed by atoms with Gasteiger partial charge in [-0.3, -0.25) is 4.79 Å². The fourth-order valence-electron chi connectivity index (χ4n) is 3.25. The first kappa shape index (κ1) is 21.1. The second-order valence-electron chi connectivity index (χ2n) is 6.97. The number of carbonyl (C=O) groups is 2. The molecule has 0 aliphatic rings. The highest BCUT2D eigenvalue weighted by Crippen LogP contribution is 2.24. The first-order valence-electron chi connectivity index (χ1n) is 9.94. The summed E-state index contributed by atoms with van der Waals surface area (Å²) in [4.78, 5) is 24.2. The Morgan fingerprint density at radius 1 is 0.933 bits per heavy atom. The van der Waals surface area contributed by atoms with Crippen molar-refractivity contribution < 1.29 is 19.4 Å². The van der Waals surface area contributed by atoms with Gasteiger partial charge < -0.3 is 15.2 Å². The van der Waals surface area contributed by atoms with E-state index in [0.29, 0.717) is 17.9 Å². The van der Waals surface area contributed by atoms with Crippen LogP contribution in [0.2, 0.25) is 0 Å². The SMILES string of the molecule is CCOc1cc(Cc2ccccc2)ccc1C[C@H](NC(=O)c1ccccc1)C(=O)O. The van der Waals surface area contributed by atoms with E-state index in [-0.39, 0.29) is 6.42 Å². The molecule has 2 N–H and O–H groups in total. The van der Waals surface area contributed by atoms with Gasteiger partial charge in [0.1, 0.15) is 11.8 Å². The molecular weight excluding hydrogens is 378 g/mol. The summed E-state index contributed by atoms with van der Waals surface area (Å²) in [7, 11) is 0. The molecule has 0 heterocycles. The third-order valence-corrected chi connectivity index (χ3v) is 4.75. The molecule has 3 rings (SSSR count). The number of rotatable bonds is 9. The Morgan fingerprint density at radius 3 is 2.23 bits per heavy atom. The number of benzene rings is 3. The van der Waals surface area contributed by atoms with Gasteiger partial charge in [-0.05, 0) is 48.2 Å². The van der Waals surface area contributed by atoms with Gasteiger partial charge in [-0.25, -0.2) is 4.79 Å². The molecule has 5 heteroatoms. The van der Waals surface area contributed by atoms with Crippen LogP contribution in [0.25, 0.3) is 0 Å². The number of hydrogen-bond acceptors (Lipinski definition) is 3. The van der Waals surface area contributed by atoms with Crippen molar-refractivity contribution in [2.24, 2.45) is 0 Å². The maximum atomic E-state index is 12.4. The van der Waals surface area contributed by atoms with Crippen LogP contribution in [0.3, 0.4) is 0 Å². The lowest BCUT2D eigenvalue weighted by Crippen LogP contribution is -2.42. The molecule has 0 fully saturated rings. The zero-order valence-corrected chi connectivity index (χ0v) is 16.9. The summed E-state index contributed by atoms with van der Waals surface area (Å²) in [6, 6.07) is 23.4. The lowest BCUT2D eigenvalue weighted by Gasteiger charge is -2.18. The molecule has 1 amide bonds. The normalized spacial score (nSPS) is 11.5. The number of amides is 1. The van der Waals surface area contributed by atoms with E-state index in [1.54, 1.807) is 30.3 Å². The average molecular weight is 403 g/mol. The van der Waals surface area contributed by atoms with Gasteiger partial charge in [0.15, 0.2) is 0 Å². The van der Waals surface area contributed by atoms with Crippen molar-refractivity contribution in [2.75, 3.05) is 6.61 Å². The summed E-state index contributed by atoms with van der Waals surface area (Å²) < 4.78 is 5.78. The molecule has 3 aromatic carbocycles. The van der Waals surface area contributed by atoms with Crippen LogP contribution in [0.15, 0.2) is 78.9 Å². The van der Waals surface area contributed by atoms with Crippen LogP contribution < -0.4 is 10.1 Å². The molecule has 0 bridgehead atoms. The molecule has 5 nitrogen and oxygen atoms in total. The van der Waals surface area contributed by atoms with Crippen LogP contribution in [-0.4, -0.2) is 29.6 Å². The van der Waals surface area contributed by atoms with Gasteiger partial charge in [0, 0.05) is 12.0 Å². The zero-order chi connectivity index (χ0) is 21.3. The summed E-state index contributed by atoms with van der Waals surface area (Å²) in [6.45, 7) is 2.36. The maximum Gasteiger partial charge on any atom is 0.326 e. The van der Waals surface area contributed by atoms with Crippen molar-refractivity contribution >= 4 is 11.9 Å². The van der Waals surface area contributed by atoms with E-state index in [9.17, 15) is 14.7 Å². The predicted molar refractivity (Wildman–Crippen MR) is 116 cm³/mol. The number of hydrogen-bond donors (Lipinski definition) is 2. The van der Waals surface area contributed by atoms with E-state index >= 15 is 0 Å². The predicted octanol–water partition coefficient (Wildman–Crippen LogP) is 4.10. The molecule has 0 saturated heterocycles. The standard InChI is InChI=1S/C25H25NO4/c1-2-30-23-16-19(15-18-9-5-3-6-10-18)13-14-21(23)17-22(25(28)29)26-24(27)20-11-7-4-8-12-20/h3-14,16,22H,2,15,17H2,1H3,(H,26,27)(H,28,29)/t22-/m0/s1. The van der Waals surface area contributed by atoms with Crippen LogP contribution in [0.5, 0.6) is 5.75 Å². The topological polar surface area (TPSA) is 75.6 Å². The van der Waals surface area contributed by atoms with Gasteiger partial charge >= 0.3 is 5.97 Å². The molecular formula is C25H25NO4. The second-order valence-corrected chi connectivity index (χ2v) is 6.97. The van der Waals surface area contributed by atoms with E-state index in [1.165, 1.54) is 5.56 Å². The molecule has 3 aromatic rings. The minimum atomic E-state index is -1.09. The Labute approximate surface area is 176 Å². The van der Waals surface area contributed by atoms with Crippen LogP contribution in [0, 0.1) is 0 Å². The Bertz CT molecular complexity index is 987. The number of ether oxygens (including phenoxy) is 1. The smallest absolute Gasteiger partial charge is 0.326 e. The van der Waals surface area contributed by atoms with Gasteiger partial charge in [-0.2, -0.15) is 0 Å². The highest BCUT2D eigenvalue weighted by Gasteiger charge is 2.23. The lowest BCUT2D eigenvalue weighted by atomic mass is 9.99. The Hall–Kier alpha value is -3.60. The van der Waals surface area contributed by atoms with Crippen LogP contribution in [0.1, 0.15) is 34.0 Å². The first-order chi connectivity index (χ1) is 14.6. The second kappa shape index (κ2) is 10.3. The summed E-state index contributed by atoms with van der Waals surface area (Å²) in [5.74, 6) is -0.858. The molecule has 30 heavy (non-hydrogen) atoms. The fraction of sp³-hybridized carbons (Fsp3) is 0.200. The number of nitrogens with one attached hydrogen (secondary N) is 1. The van der Waals surface area contributed by atoms with Crippen molar-refractivity contribution in [2.45, 2.75) is 25.8 Å². The molecule has 0 aliphatic heterocycles. The highest BCUT2D eigenvalue weighted by molar-refractivity contribution is 5.96. The molecule has 0 aliphatic carbocycles. The highest BCUT2D eigenvalue weighted by atomic mass is 16.5. The Kier molecular flexibility index (Phi) is 7.22. The average Bonchev–Trinajstić information content (AvgIpc) is 2.76. The molecule has 0 saturated carbocycles. The largest absolute Gasteiger partial charge is 0.494 e. The number of carbonyl (C=O) groups excluding carboxylic acids is 1. The van der Waals surface area contributed by atoms with E-state index in [0.717, 1.165) is 17.5 Å². The minimum Gasteiger partial charge on any atom is -0.494 e. The Balaban J connectivity index is 1.78.